The van der Waals surface area contributed by atoms with E-state index in [0.717, 1.165) is 16.1 Å². The van der Waals surface area contributed by atoms with Gasteiger partial charge in [0.05, 0.1) is 5.35 Å². The second kappa shape index (κ2) is 9.71. The van der Waals surface area contributed by atoms with Crippen molar-refractivity contribution in [2.45, 2.75) is 13.8 Å². The zero-order chi connectivity index (χ0) is 16.4. The monoisotopic (exact) mass is 316 g/mol. The second-order valence-electron chi connectivity index (χ2n) is 4.29. The molecule has 0 spiro atoms. The first-order valence-electron chi connectivity index (χ1n) is 6.92. The van der Waals surface area contributed by atoms with Gasteiger partial charge in [0.1, 0.15) is 0 Å². The fourth-order valence-corrected chi connectivity index (χ4v) is 2.02. The minimum absolute atomic E-state index is 0.179. The van der Waals surface area contributed by atoms with Gasteiger partial charge in [-0.3, -0.25) is 0 Å². The van der Waals surface area contributed by atoms with Crippen LogP contribution >= 0.6 is 11.6 Å². The number of hydrazine groups is 1. The first kappa shape index (κ1) is 17.9. The summed E-state index contributed by atoms with van der Waals surface area (Å²) < 4.78 is 0. The summed E-state index contributed by atoms with van der Waals surface area (Å²) in [6, 6.07) is 0. The van der Waals surface area contributed by atoms with E-state index < -0.39 is 0 Å². The van der Waals surface area contributed by atoms with Crippen LogP contribution in [0, 0.1) is 0 Å². The van der Waals surface area contributed by atoms with E-state index in [4.69, 9.17) is 11.6 Å². The van der Waals surface area contributed by atoms with E-state index in [1.54, 1.807) is 18.2 Å². The lowest BCUT2D eigenvalue weighted by Crippen LogP contribution is -2.36. The molecule has 5 heteroatoms. The maximum absolute atomic E-state index is 5.96. The predicted octanol–water partition coefficient (Wildman–Crippen LogP) is 2.50. The Kier molecular flexibility index (Phi) is 7.89. The normalized spacial score (nSPS) is 13.7. The van der Waals surface area contributed by atoms with Gasteiger partial charge >= 0.3 is 0 Å². The van der Waals surface area contributed by atoms with Crippen LogP contribution in [0.4, 0.5) is 5.82 Å². The summed E-state index contributed by atoms with van der Waals surface area (Å²) in [5.41, 5.74) is 7.28. The highest BCUT2D eigenvalue weighted by Gasteiger charge is 2.02. The van der Waals surface area contributed by atoms with Crippen molar-refractivity contribution in [2.24, 2.45) is 0 Å². The van der Waals surface area contributed by atoms with Gasteiger partial charge in [-0.15, -0.1) is 0 Å². The van der Waals surface area contributed by atoms with Crippen molar-refractivity contribution in [3.8, 4) is 0 Å². The Morgan fingerprint density at radius 1 is 1.23 bits per heavy atom. The van der Waals surface area contributed by atoms with E-state index in [2.05, 4.69) is 34.0 Å². The Hall–Kier alpha value is -2.17. The standard InChI is InChI=1S/C17H21ClN4/c1-5-9-13(10-6-2)12-19-22-16-14(8-4)15(11-7-3)20-17(18)21-16/h5-11,19H,1,3,12H2,2,4H3,(H,20,21,22)/b10-6-,13-9+,14-8+,15-11+. The maximum atomic E-state index is 5.96. The molecule has 0 atom stereocenters. The van der Waals surface area contributed by atoms with Gasteiger partial charge in [-0.1, -0.05) is 49.6 Å². The first-order valence-corrected chi connectivity index (χ1v) is 7.29. The Morgan fingerprint density at radius 2 is 2.00 bits per heavy atom. The van der Waals surface area contributed by atoms with E-state index in [1.807, 2.05) is 38.2 Å². The van der Waals surface area contributed by atoms with Gasteiger partial charge in [-0.2, -0.15) is 4.98 Å². The summed E-state index contributed by atoms with van der Waals surface area (Å²) in [7, 11) is 0. The average molecular weight is 317 g/mol. The molecule has 0 aliphatic rings. The molecule has 1 rings (SSSR count). The molecule has 1 aromatic rings. The van der Waals surface area contributed by atoms with Crippen LogP contribution in [-0.4, -0.2) is 16.5 Å². The summed E-state index contributed by atoms with van der Waals surface area (Å²) in [6.45, 7) is 11.9. The highest BCUT2D eigenvalue weighted by atomic mass is 35.5. The van der Waals surface area contributed by atoms with E-state index >= 15 is 0 Å². The minimum Gasteiger partial charge on any atom is -0.305 e. The largest absolute Gasteiger partial charge is 0.305 e. The number of nitrogens with one attached hydrogen (secondary N) is 2. The van der Waals surface area contributed by atoms with Crippen molar-refractivity contribution in [3.05, 3.63) is 65.0 Å². The van der Waals surface area contributed by atoms with Crippen LogP contribution in [0.15, 0.2) is 49.1 Å². The Labute approximate surface area is 136 Å². The number of hydrogen-bond acceptors (Lipinski definition) is 4. The molecular formula is C17H21ClN4. The topological polar surface area (TPSA) is 49.8 Å². The fraction of sp³-hybridized carbons (Fsp3) is 0.176. The number of anilines is 1. The number of halogens is 1. The highest BCUT2D eigenvalue weighted by molar-refractivity contribution is 6.28. The number of aromatic nitrogens is 2. The molecule has 1 aromatic heterocycles. The zero-order valence-corrected chi connectivity index (χ0v) is 13.7. The summed E-state index contributed by atoms with van der Waals surface area (Å²) in [6.07, 6.45) is 13.0. The van der Waals surface area contributed by atoms with Crippen LogP contribution in [0.25, 0.3) is 12.2 Å². The third-order valence-electron chi connectivity index (χ3n) is 2.72. The predicted molar refractivity (Wildman–Crippen MR) is 95.8 cm³/mol. The van der Waals surface area contributed by atoms with Crippen LogP contribution in [0.5, 0.6) is 0 Å². The quantitative estimate of drug-likeness (QED) is 0.461. The number of hydrogen-bond donors (Lipinski definition) is 2. The van der Waals surface area contributed by atoms with E-state index in [0.29, 0.717) is 12.4 Å². The van der Waals surface area contributed by atoms with E-state index in [1.165, 1.54) is 0 Å². The minimum atomic E-state index is 0.179. The first-order chi connectivity index (χ1) is 10.7. The molecule has 0 radical (unpaired) electrons. The van der Waals surface area contributed by atoms with Crippen molar-refractivity contribution in [1.82, 2.24) is 15.4 Å². The van der Waals surface area contributed by atoms with Crippen molar-refractivity contribution < 1.29 is 0 Å². The Morgan fingerprint density at radius 3 is 2.59 bits per heavy atom. The van der Waals surface area contributed by atoms with Crippen molar-refractivity contribution in [3.63, 3.8) is 0 Å². The number of rotatable bonds is 7. The molecule has 22 heavy (non-hydrogen) atoms. The smallest absolute Gasteiger partial charge is 0.224 e. The number of allylic oxidation sites excluding steroid dienone is 4. The van der Waals surface area contributed by atoms with Gasteiger partial charge in [0.2, 0.25) is 5.28 Å². The Bertz CT molecular complexity index is 702. The van der Waals surface area contributed by atoms with Crippen LogP contribution in [0.1, 0.15) is 13.8 Å². The van der Waals surface area contributed by atoms with E-state index in [-0.39, 0.29) is 5.28 Å². The summed E-state index contributed by atoms with van der Waals surface area (Å²) in [5, 5.41) is 1.76. The molecule has 0 aliphatic carbocycles. The highest BCUT2D eigenvalue weighted by Crippen LogP contribution is 1.99. The average Bonchev–Trinajstić information content (AvgIpc) is 2.48. The van der Waals surface area contributed by atoms with Crippen molar-refractivity contribution >= 4 is 29.6 Å². The molecule has 0 aromatic carbocycles. The molecule has 4 nitrogen and oxygen atoms in total. The van der Waals surface area contributed by atoms with Gasteiger partial charge in [0.15, 0.2) is 5.82 Å². The lowest BCUT2D eigenvalue weighted by atomic mass is 10.2. The van der Waals surface area contributed by atoms with E-state index in [9.17, 15) is 0 Å². The van der Waals surface area contributed by atoms with Gasteiger partial charge in [-0.05, 0) is 37.1 Å². The molecule has 116 valence electrons. The second-order valence-corrected chi connectivity index (χ2v) is 4.63. The van der Waals surface area contributed by atoms with Crippen molar-refractivity contribution in [2.75, 3.05) is 12.0 Å². The molecule has 1 heterocycles. The molecule has 0 amide bonds. The molecular weight excluding hydrogens is 296 g/mol. The van der Waals surface area contributed by atoms with Crippen LogP contribution in [0.2, 0.25) is 5.28 Å². The molecule has 2 N–H and O–H groups in total. The third-order valence-corrected chi connectivity index (χ3v) is 2.89. The maximum Gasteiger partial charge on any atom is 0.224 e. The van der Waals surface area contributed by atoms with Gasteiger partial charge < -0.3 is 5.43 Å². The molecule has 0 saturated carbocycles. The Balaban J connectivity index is 3.00. The summed E-state index contributed by atoms with van der Waals surface area (Å²) in [5.74, 6) is 0.619. The zero-order valence-electron chi connectivity index (χ0n) is 12.9. The molecule has 0 fully saturated rings. The van der Waals surface area contributed by atoms with Crippen LogP contribution in [-0.2, 0) is 0 Å². The van der Waals surface area contributed by atoms with Gasteiger partial charge in [0.25, 0.3) is 0 Å². The van der Waals surface area contributed by atoms with Gasteiger partial charge in [0, 0.05) is 11.8 Å². The summed E-state index contributed by atoms with van der Waals surface area (Å²) >= 11 is 5.96. The molecule has 0 bridgehead atoms. The van der Waals surface area contributed by atoms with Crippen molar-refractivity contribution in [1.29, 1.82) is 0 Å². The molecule has 0 aliphatic heterocycles. The van der Waals surface area contributed by atoms with Crippen LogP contribution < -0.4 is 21.4 Å². The summed E-state index contributed by atoms with van der Waals surface area (Å²) in [4.78, 5) is 8.40. The third kappa shape index (κ3) is 5.31. The molecule has 0 unspecified atom stereocenters. The SMILES string of the molecule is C=C/C=C(\C=C/C)CNNc1nc(Cl)nc(=C/C=C)/c1=C\C. The fourth-order valence-electron chi connectivity index (χ4n) is 1.85. The lowest BCUT2D eigenvalue weighted by Gasteiger charge is -2.09. The lowest BCUT2D eigenvalue weighted by molar-refractivity contribution is 0.856. The molecule has 0 saturated heterocycles. The number of nitrogens with zero attached hydrogens (tertiary/aromatic N) is 2. The van der Waals surface area contributed by atoms with Crippen LogP contribution in [0.3, 0.4) is 0 Å². The van der Waals surface area contributed by atoms with Gasteiger partial charge in [-0.25, -0.2) is 10.4 Å².